The summed E-state index contributed by atoms with van der Waals surface area (Å²) in [6.45, 7) is 5.06. The first-order chi connectivity index (χ1) is 8.68. The summed E-state index contributed by atoms with van der Waals surface area (Å²) in [5.74, 6) is 0.182. The van der Waals surface area contributed by atoms with Gasteiger partial charge in [0.1, 0.15) is 0 Å². The van der Waals surface area contributed by atoms with Crippen molar-refractivity contribution in [3.8, 4) is 0 Å². The maximum absolute atomic E-state index is 12.0. The molecule has 0 radical (unpaired) electrons. The maximum Gasteiger partial charge on any atom is 0.208 e. The molecule has 0 spiro atoms. The number of carbonyl (C=O) groups is 1. The second-order valence-electron chi connectivity index (χ2n) is 5.98. The van der Waals surface area contributed by atoms with E-state index in [1.165, 1.54) is 0 Å². The number of hydrogen-bond donors (Lipinski definition) is 1. The van der Waals surface area contributed by atoms with Gasteiger partial charge >= 0.3 is 0 Å². The van der Waals surface area contributed by atoms with Crippen LogP contribution in [0, 0.1) is 5.41 Å². The van der Waals surface area contributed by atoms with E-state index in [2.05, 4.69) is 18.6 Å². The fourth-order valence-electron chi connectivity index (χ4n) is 2.56. The van der Waals surface area contributed by atoms with Crippen LogP contribution in [0.1, 0.15) is 36.3 Å². The number of nitrogens with zero attached hydrogens (tertiary/aromatic N) is 1. The maximum atomic E-state index is 12.0. The van der Waals surface area contributed by atoms with Gasteiger partial charge in [0.25, 0.3) is 0 Å². The average molecular weight is 284 g/mol. The van der Waals surface area contributed by atoms with Gasteiger partial charge in [-0.25, -0.2) is 13.1 Å². The fraction of sp³-hybridized carbons (Fsp3) is 0.615. The molecule has 0 fully saturated rings. The Bertz CT molecular complexity index is 599. The van der Waals surface area contributed by atoms with Crippen molar-refractivity contribution in [1.82, 2.24) is 9.29 Å². The van der Waals surface area contributed by atoms with Crippen molar-refractivity contribution in [2.75, 3.05) is 12.8 Å². The highest BCUT2D eigenvalue weighted by atomic mass is 32.2. The van der Waals surface area contributed by atoms with Crippen molar-refractivity contribution < 1.29 is 13.2 Å². The van der Waals surface area contributed by atoms with Gasteiger partial charge in [-0.05, 0) is 17.9 Å². The number of fused-ring (bicyclic) bond motifs is 1. The molecule has 0 aromatic carbocycles. The predicted molar refractivity (Wildman–Crippen MR) is 73.7 cm³/mol. The molecular weight excluding hydrogens is 264 g/mol. The summed E-state index contributed by atoms with van der Waals surface area (Å²) in [7, 11) is -3.16. The Morgan fingerprint density at radius 1 is 1.37 bits per heavy atom. The number of Topliss-reactive ketones (excluding diaryl/α,β-unsaturated/α-hetero) is 1. The summed E-state index contributed by atoms with van der Waals surface area (Å²) in [5.41, 5.74) is 1.79. The van der Waals surface area contributed by atoms with Gasteiger partial charge in [-0.15, -0.1) is 0 Å². The molecule has 0 amide bonds. The zero-order chi connectivity index (χ0) is 14.3. The van der Waals surface area contributed by atoms with Crippen LogP contribution in [-0.2, 0) is 23.0 Å². The lowest BCUT2D eigenvalue weighted by atomic mass is 9.76. The first-order valence-electron chi connectivity index (χ1n) is 6.34. The van der Waals surface area contributed by atoms with E-state index in [0.29, 0.717) is 19.5 Å². The predicted octanol–water partition coefficient (Wildman–Crippen LogP) is 1.19. The molecule has 19 heavy (non-hydrogen) atoms. The van der Waals surface area contributed by atoms with E-state index in [1.807, 2.05) is 16.8 Å². The van der Waals surface area contributed by atoms with E-state index in [9.17, 15) is 13.2 Å². The Morgan fingerprint density at radius 2 is 2.05 bits per heavy atom. The Hall–Kier alpha value is -1.14. The highest BCUT2D eigenvalue weighted by molar-refractivity contribution is 7.88. The van der Waals surface area contributed by atoms with Gasteiger partial charge < -0.3 is 4.57 Å². The van der Waals surface area contributed by atoms with E-state index in [0.717, 1.165) is 23.9 Å². The number of nitrogens with one attached hydrogen (secondary N) is 1. The third kappa shape index (κ3) is 3.45. The van der Waals surface area contributed by atoms with Gasteiger partial charge in [-0.3, -0.25) is 4.79 Å². The molecule has 0 bridgehead atoms. The molecule has 106 valence electrons. The Balaban J connectivity index is 2.15. The van der Waals surface area contributed by atoms with Crippen LogP contribution in [0.4, 0.5) is 0 Å². The molecule has 0 unspecified atom stereocenters. The van der Waals surface area contributed by atoms with Crippen LogP contribution in [0.25, 0.3) is 0 Å². The Morgan fingerprint density at radius 3 is 2.68 bits per heavy atom. The highest BCUT2D eigenvalue weighted by Gasteiger charge is 2.32. The van der Waals surface area contributed by atoms with Gasteiger partial charge in [0.2, 0.25) is 10.0 Å². The second-order valence-corrected chi connectivity index (χ2v) is 7.81. The molecule has 5 nitrogen and oxygen atoms in total. The zero-order valence-corrected chi connectivity index (χ0v) is 12.4. The summed E-state index contributed by atoms with van der Waals surface area (Å²) in [6, 6.07) is 1.84. The lowest BCUT2D eigenvalue weighted by molar-refractivity contribution is 0.0910. The van der Waals surface area contributed by atoms with E-state index in [1.54, 1.807) is 0 Å². The number of carbonyl (C=O) groups excluding carboxylic acids is 1. The van der Waals surface area contributed by atoms with Crippen molar-refractivity contribution in [2.45, 2.75) is 33.2 Å². The van der Waals surface area contributed by atoms with E-state index >= 15 is 0 Å². The SMILES string of the molecule is CC1(C)CC(=O)c2ccn(CCNS(C)(=O)=O)c2C1. The minimum absolute atomic E-state index is 0.0234. The summed E-state index contributed by atoms with van der Waals surface area (Å²) in [6.07, 6.45) is 4.43. The molecule has 1 aliphatic carbocycles. The van der Waals surface area contributed by atoms with Crippen LogP contribution in [0.5, 0.6) is 0 Å². The summed E-state index contributed by atoms with van der Waals surface area (Å²) < 4.78 is 26.5. The fourth-order valence-corrected chi connectivity index (χ4v) is 3.02. The smallest absolute Gasteiger partial charge is 0.208 e. The molecule has 0 saturated heterocycles. The van der Waals surface area contributed by atoms with E-state index in [-0.39, 0.29) is 11.2 Å². The number of aromatic nitrogens is 1. The first-order valence-corrected chi connectivity index (χ1v) is 8.23. The van der Waals surface area contributed by atoms with Crippen molar-refractivity contribution in [1.29, 1.82) is 0 Å². The van der Waals surface area contributed by atoms with Crippen LogP contribution >= 0.6 is 0 Å². The van der Waals surface area contributed by atoms with Crippen molar-refractivity contribution in [3.05, 3.63) is 23.5 Å². The molecular formula is C13H20N2O3S. The van der Waals surface area contributed by atoms with Gasteiger partial charge in [-0.1, -0.05) is 13.8 Å². The number of hydrogen-bond acceptors (Lipinski definition) is 3. The first kappa shape index (κ1) is 14.3. The highest BCUT2D eigenvalue weighted by Crippen LogP contribution is 2.35. The van der Waals surface area contributed by atoms with Crippen LogP contribution in [-0.4, -0.2) is 31.6 Å². The molecule has 0 atom stereocenters. The third-order valence-electron chi connectivity index (χ3n) is 3.38. The van der Waals surface area contributed by atoms with Crippen LogP contribution in [0.2, 0.25) is 0 Å². The third-order valence-corrected chi connectivity index (χ3v) is 4.11. The van der Waals surface area contributed by atoms with Crippen molar-refractivity contribution in [3.63, 3.8) is 0 Å². The molecule has 6 heteroatoms. The molecule has 2 rings (SSSR count). The summed E-state index contributed by atoms with van der Waals surface area (Å²) >= 11 is 0. The van der Waals surface area contributed by atoms with Crippen molar-refractivity contribution >= 4 is 15.8 Å². The normalized spacial score (nSPS) is 18.4. The topological polar surface area (TPSA) is 68.2 Å². The van der Waals surface area contributed by atoms with Gasteiger partial charge in [0.15, 0.2) is 5.78 Å². The largest absolute Gasteiger partial charge is 0.349 e. The zero-order valence-electron chi connectivity index (χ0n) is 11.6. The molecule has 1 aromatic rings. The quantitative estimate of drug-likeness (QED) is 0.903. The molecule has 1 heterocycles. The average Bonchev–Trinajstić information content (AvgIpc) is 2.58. The Kier molecular flexibility index (Phi) is 3.57. The minimum atomic E-state index is -3.16. The minimum Gasteiger partial charge on any atom is -0.349 e. The van der Waals surface area contributed by atoms with Crippen LogP contribution in [0.3, 0.4) is 0 Å². The lowest BCUT2D eigenvalue weighted by Gasteiger charge is -2.29. The number of rotatable bonds is 4. The monoisotopic (exact) mass is 284 g/mol. The molecule has 1 aromatic heterocycles. The summed E-state index contributed by atoms with van der Waals surface area (Å²) in [4.78, 5) is 12.0. The lowest BCUT2D eigenvalue weighted by Crippen LogP contribution is -2.30. The molecule has 1 aliphatic rings. The number of sulfonamides is 1. The Labute approximate surface area is 114 Å². The van der Waals surface area contributed by atoms with E-state index < -0.39 is 10.0 Å². The molecule has 1 N–H and O–H groups in total. The van der Waals surface area contributed by atoms with Gasteiger partial charge in [0.05, 0.1) is 6.26 Å². The molecule has 0 aliphatic heterocycles. The standard InChI is InChI=1S/C13H20N2O3S/c1-13(2)8-11-10(12(16)9-13)4-6-15(11)7-5-14-19(3,17)18/h4,6,14H,5,7-9H2,1-3H3. The van der Waals surface area contributed by atoms with Crippen molar-refractivity contribution in [2.24, 2.45) is 5.41 Å². The molecule has 0 saturated carbocycles. The number of ketones is 1. The summed E-state index contributed by atoms with van der Waals surface area (Å²) in [5, 5.41) is 0. The van der Waals surface area contributed by atoms with Crippen LogP contribution < -0.4 is 4.72 Å². The second kappa shape index (κ2) is 4.76. The van der Waals surface area contributed by atoms with Gasteiger partial charge in [-0.2, -0.15) is 0 Å². The van der Waals surface area contributed by atoms with E-state index in [4.69, 9.17) is 0 Å². The van der Waals surface area contributed by atoms with Gasteiger partial charge in [0, 0.05) is 37.0 Å². The van der Waals surface area contributed by atoms with Crippen LogP contribution in [0.15, 0.2) is 12.3 Å².